The normalized spacial score (nSPS) is 14.7. The minimum Gasteiger partial charge on any atom is -0.490 e. The third-order valence-corrected chi connectivity index (χ3v) is 5.94. The molecule has 0 radical (unpaired) electrons. The van der Waals surface area contributed by atoms with E-state index in [0.29, 0.717) is 32.1 Å². The number of hydrogen-bond donors (Lipinski definition) is 1. The number of carbonyl (C=O) groups excluding carboxylic acids is 3. The van der Waals surface area contributed by atoms with E-state index in [2.05, 4.69) is 5.32 Å². The standard InChI is InChI=1S/C26H19F2IN2O5/c1-2-35-22-13-16(12-20(29)23(22)36-14-15-7-9-17(27)10-8-15)11-18-24(32)30-26(34)31(25(18)33)21-6-4-3-5-19(21)28/h3-13H,2,14H2,1H3,(H,30,32,34)/b18-11-. The molecule has 0 bridgehead atoms. The Morgan fingerprint density at radius 1 is 1.00 bits per heavy atom. The van der Waals surface area contributed by atoms with Gasteiger partial charge in [-0.3, -0.25) is 14.9 Å². The lowest BCUT2D eigenvalue weighted by atomic mass is 10.1. The molecule has 1 heterocycles. The smallest absolute Gasteiger partial charge is 0.336 e. The predicted octanol–water partition coefficient (Wildman–Crippen LogP) is 5.21. The molecule has 1 aliphatic heterocycles. The van der Waals surface area contributed by atoms with Gasteiger partial charge in [0.15, 0.2) is 11.5 Å². The van der Waals surface area contributed by atoms with E-state index < -0.39 is 23.7 Å². The summed E-state index contributed by atoms with van der Waals surface area (Å²) in [6.45, 7) is 2.27. The Balaban J connectivity index is 1.66. The summed E-state index contributed by atoms with van der Waals surface area (Å²) >= 11 is 2.03. The third kappa shape index (κ3) is 5.38. The van der Waals surface area contributed by atoms with Gasteiger partial charge in [0.25, 0.3) is 11.8 Å². The first-order chi connectivity index (χ1) is 17.3. The summed E-state index contributed by atoms with van der Waals surface area (Å²) in [5.74, 6) is -2.20. The molecule has 1 fully saturated rings. The van der Waals surface area contributed by atoms with Crippen molar-refractivity contribution in [1.82, 2.24) is 5.32 Å². The number of nitrogens with one attached hydrogen (secondary N) is 1. The van der Waals surface area contributed by atoms with E-state index in [9.17, 15) is 23.2 Å². The van der Waals surface area contributed by atoms with Crippen molar-refractivity contribution in [1.29, 1.82) is 0 Å². The van der Waals surface area contributed by atoms with E-state index in [0.717, 1.165) is 11.6 Å². The molecule has 36 heavy (non-hydrogen) atoms. The van der Waals surface area contributed by atoms with Crippen molar-refractivity contribution in [3.63, 3.8) is 0 Å². The van der Waals surface area contributed by atoms with Crippen LogP contribution < -0.4 is 19.7 Å². The Hall–Kier alpha value is -3.80. The Morgan fingerprint density at radius 2 is 1.72 bits per heavy atom. The predicted molar refractivity (Wildman–Crippen MR) is 136 cm³/mol. The molecule has 10 heteroatoms. The van der Waals surface area contributed by atoms with Gasteiger partial charge in [0, 0.05) is 0 Å². The number of carbonyl (C=O) groups is 3. The number of barbiturate groups is 1. The van der Waals surface area contributed by atoms with Gasteiger partial charge in [0.2, 0.25) is 0 Å². The summed E-state index contributed by atoms with van der Waals surface area (Å²) in [5, 5.41) is 2.07. The van der Waals surface area contributed by atoms with Gasteiger partial charge in [-0.15, -0.1) is 0 Å². The van der Waals surface area contributed by atoms with E-state index in [1.807, 2.05) is 22.6 Å². The second kappa shape index (κ2) is 10.9. The molecule has 0 unspecified atom stereocenters. The van der Waals surface area contributed by atoms with Crippen LogP contribution in [0.15, 0.2) is 66.2 Å². The van der Waals surface area contributed by atoms with Crippen LogP contribution in [0.5, 0.6) is 11.5 Å². The number of anilines is 1. The van der Waals surface area contributed by atoms with Crippen molar-refractivity contribution in [2.24, 2.45) is 0 Å². The molecule has 0 aliphatic carbocycles. The van der Waals surface area contributed by atoms with Crippen LogP contribution in [0.1, 0.15) is 18.1 Å². The van der Waals surface area contributed by atoms with Crippen LogP contribution in [0.4, 0.5) is 19.3 Å². The van der Waals surface area contributed by atoms with Crippen LogP contribution in [0, 0.1) is 15.2 Å². The monoisotopic (exact) mass is 604 g/mol. The van der Waals surface area contributed by atoms with Crippen LogP contribution in [-0.4, -0.2) is 24.5 Å². The molecule has 0 spiro atoms. The zero-order valence-corrected chi connectivity index (χ0v) is 21.0. The third-order valence-electron chi connectivity index (χ3n) is 5.13. The Labute approximate surface area is 218 Å². The number of para-hydroxylation sites is 1. The summed E-state index contributed by atoms with van der Waals surface area (Å²) in [4.78, 5) is 38.5. The first kappa shape index (κ1) is 25.3. The maximum Gasteiger partial charge on any atom is 0.336 e. The van der Waals surface area contributed by atoms with E-state index in [4.69, 9.17) is 9.47 Å². The topological polar surface area (TPSA) is 84.9 Å². The molecular weight excluding hydrogens is 585 g/mol. The van der Waals surface area contributed by atoms with E-state index in [1.54, 1.807) is 31.2 Å². The van der Waals surface area contributed by atoms with E-state index >= 15 is 0 Å². The molecule has 3 aromatic rings. The van der Waals surface area contributed by atoms with Crippen LogP contribution in [-0.2, 0) is 16.2 Å². The van der Waals surface area contributed by atoms with Gasteiger partial charge in [0.1, 0.15) is 23.8 Å². The highest BCUT2D eigenvalue weighted by molar-refractivity contribution is 14.1. The Kier molecular flexibility index (Phi) is 7.63. The van der Waals surface area contributed by atoms with Crippen molar-refractivity contribution in [2.75, 3.05) is 11.5 Å². The Bertz CT molecular complexity index is 1380. The highest BCUT2D eigenvalue weighted by Gasteiger charge is 2.38. The minimum absolute atomic E-state index is 0.164. The number of rotatable bonds is 7. The zero-order valence-electron chi connectivity index (χ0n) is 18.9. The lowest BCUT2D eigenvalue weighted by Crippen LogP contribution is -2.54. The summed E-state index contributed by atoms with van der Waals surface area (Å²) in [6.07, 6.45) is 1.30. The molecular formula is C26H19F2IN2O5. The number of urea groups is 1. The fourth-order valence-corrected chi connectivity index (χ4v) is 4.27. The van der Waals surface area contributed by atoms with Crippen molar-refractivity contribution < 1.29 is 32.6 Å². The Morgan fingerprint density at radius 3 is 2.42 bits per heavy atom. The fourth-order valence-electron chi connectivity index (χ4n) is 3.49. The number of imide groups is 2. The number of benzene rings is 3. The van der Waals surface area contributed by atoms with Gasteiger partial charge in [-0.1, -0.05) is 24.3 Å². The largest absolute Gasteiger partial charge is 0.490 e. The molecule has 184 valence electrons. The summed E-state index contributed by atoms with van der Waals surface area (Å²) in [7, 11) is 0. The van der Waals surface area contributed by atoms with Crippen LogP contribution >= 0.6 is 22.6 Å². The van der Waals surface area contributed by atoms with E-state index in [1.165, 1.54) is 36.4 Å². The maximum absolute atomic E-state index is 14.3. The summed E-state index contributed by atoms with van der Waals surface area (Å²) < 4.78 is 39.7. The van der Waals surface area contributed by atoms with Crippen LogP contribution in [0.2, 0.25) is 0 Å². The summed E-state index contributed by atoms with van der Waals surface area (Å²) in [5.41, 5.74) is 0.560. The zero-order chi connectivity index (χ0) is 25.8. The van der Waals surface area contributed by atoms with Crippen molar-refractivity contribution in [3.8, 4) is 11.5 Å². The van der Waals surface area contributed by atoms with Gasteiger partial charge in [-0.05, 0) is 83.1 Å². The van der Waals surface area contributed by atoms with Gasteiger partial charge in [-0.2, -0.15) is 0 Å². The molecule has 3 aromatic carbocycles. The quantitative estimate of drug-likeness (QED) is 0.228. The number of ether oxygens (including phenoxy) is 2. The van der Waals surface area contributed by atoms with Crippen LogP contribution in [0.3, 0.4) is 0 Å². The van der Waals surface area contributed by atoms with Crippen molar-refractivity contribution in [3.05, 3.63) is 92.6 Å². The number of hydrogen-bond acceptors (Lipinski definition) is 5. The number of amides is 4. The van der Waals surface area contributed by atoms with Crippen molar-refractivity contribution >= 4 is 52.2 Å². The molecule has 4 amide bonds. The average molecular weight is 604 g/mol. The highest BCUT2D eigenvalue weighted by atomic mass is 127. The second-order valence-electron chi connectivity index (χ2n) is 7.59. The highest BCUT2D eigenvalue weighted by Crippen LogP contribution is 2.36. The molecule has 0 saturated carbocycles. The molecule has 4 rings (SSSR count). The number of nitrogens with zero attached hydrogens (tertiary/aromatic N) is 1. The van der Waals surface area contributed by atoms with Crippen molar-refractivity contribution in [2.45, 2.75) is 13.5 Å². The first-order valence-electron chi connectivity index (χ1n) is 10.8. The van der Waals surface area contributed by atoms with Gasteiger partial charge in [0.05, 0.1) is 15.9 Å². The number of halogens is 3. The lowest BCUT2D eigenvalue weighted by Gasteiger charge is -2.26. The van der Waals surface area contributed by atoms with Crippen LogP contribution in [0.25, 0.3) is 6.08 Å². The second-order valence-corrected chi connectivity index (χ2v) is 8.75. The fraction of sp³-hybridized carbons (Fsp3) is 0.115. The molecule has 1 N–H and O–H groups in total. The average Bonchev–Trinajstić information content (AvgIpc) is 2.83. The molecule has 1 saturated heterocycles. The molecule has 1 aliphatic rings. The minimum atomic E-state index is -1.04. The SMILES string of the molecule is CCOc1cc(/C=C2/C(=O)NC(=O)N(c3ccccc3F)C2=O)cc(I)c1OCc1ccc(F)cc1. The van der Waals surface area contributed by atoms with E-state index in [-0.39, 0.29) is 23.7 Å². The first-order valence-corrected chi connectivity index (χ1v) is 11.9. The molecule has 7 nitrogen and oxygen atoms in total. The van der Waals surface area contributed by atoms with Gasteiger partial charge in [-0.25, -0.2) is 18.5 Å². The summed E-state index contributed by atoms with van der Waals surface area (Å²) in [6, 6.07) is 13.4. The molecule has 0 aromatic heterocycles. The maximum atomic E-state index is 14.3. The lowest BCUT2D eigenvalue weighted by molar-refractivity contribution is -0.122. The van der Waals surface area contributed by atoms with Gasteiger partial charge >= 0.3 is 6.03 Å². The van der Waals surface area contributed by atoms with Gasteiger partial charge < -0.3 is 9.47 Å². The molecule has 0 atom stereocenters.